The molecule has 164 valence electrons. The Balaban J connectivity index is 1.23. The van der Waals surface area contributed by atoms with Crippen molar-refractivity contribution in [1.82, 2.24) is 10.2 Å². The van der Waals surface area contributed by atoms with Crippen molar-refractivity contribution in [3.8, 4) is 11.3 Å². The highest BCUT2D eigenvalue weighted by Gasteiger charge is 2.31. The number of nitrogens with zero attached hydrogens (tertiary/aromatic N) is 4. The molecule has 0 atom stereocenters. The summed E-state index contributed by atoms with van der Waals surface area (Å²) in [7, 11) is 0. The number of halogens is 1. The summed E-state index contributed by atoms with van der Waals surface area (Å²) in [5.41, 5.74) is 5.50. The Morgan fingerprint density at radius 3 is 2.47 bits per heavy atom. The fourth-order valence-corrected chi connectivity index (χ4v) is 4.93. The molecular formula is C26H27ClN4O. The van der Waals surface area contributed by atoms with Crippen LogP contribution in [0.15, 0.2) is 54.6 Å². The van der Waals surface area contributed by atoms with Crippen molar-refractivity contribution >= 4 is 29.0 Å². The van der Waals surface area contributed by atoms with E-state index in [4.69, 9.17) is 11.6 Å². The number of aryl methyl sites for hydroxylation is 2. The van der Waals surface area contributed by atoms with Crippen LogP contribution in [0, 0.1) is 12.8 Å². The van der Waals surface area contributed by atoms with Crippen LogP contribution in [-0.4, -0.2) is 35.7 Å². The molecule has 0 unspecified atom stereocenters. The average molecular weight is 447 g/mol. The van der Waals surface area contributed by atoms with Gasteiger partial charge in [-0.3, -0.25) is 4.79 Å². The number of anilines is 2. The summed E-state index contributed by atoms with van der Waals surface area (Å²) in [4.78, 5) is 17.6. The third-order valence-corrected chi connectivity index (χ3v) is 6.83. The lowest BCUT2D eigenvalue weighted by molar-refractivity contribution is -0.123. The number of hydrogen-bond acceptors (Lipinski definition) is 4. The molecule has 0 aliphatic carbocycles. The highest BCUT2D eigenvalue weighted by atomic mass is 35.5. The second-order valence-electron chi connectivity index (χ2n) is 8.77. The fourth-order valence-electron chi connectivity index (χ4n) is 4.80. The van der Waals surface area contributed by atoms with E-state index in [1.165, 1.54) is 11.1 Å². The maximum absolute atomic E-state index is 13.3. The molecule has 5 rings (SSSR count). The number of carbonyl (C=O) groups is 1. The number of carbonyl (C=O) groups excluding carboxylic acids is 1. The van der Waals surface area contributed by atoms with Crippen LogP contribution in [0.2, 0.25) is 5.02 Å². The van der Waals surface area contributed by atoms with Crippen LogP contribution < -0.4 is 9.80 Å². The van der Waals surface area contributed by atoms with Gasteiger partial charge in [-0.25, -0.2) is 0 Å². The second kappa shape index (κ2) is 8.91. The summed E-state index contributed by atoms with van der Waals surface area (Å²) in [6, 6.07) is 18.1. The summed E-state index contributed by atoms with van der Waals surface area (Å²) >= 11 is 5.97. The zero-order valence-electron chi connectivity index (χ0n) is 18.3. The quantitative estimate of drug-likeness (QED) is 0.547. The minimum atomic E-state index is 0.0693. The molecule has 2 aliphatic rings. The van der Waals surface area contributed by atoms with Gasteiger partial charge in [0.25, 0.3) is 0 Å². The fraction of sp³-hybridized carbons (Fsp3) is 0.346. The van der Waals surface area contributed by atoms with Gasteiger partial charge in [0.2, 0.25) is 5.91 Å². The van der Waals surface area contributed by atoms with Gasteiger partial charge >= 0.3 is 0 Å². The van der Waals surface area contributed by atoms with Gasteiger partial charge in [-0.2, -0.15) is 0 Å². The highest BCUT2D eigenvalue weighted by Crippen LogP contribution is 2.32. The van der Waals surface area contributed by atoms with Crippen LogP contribution >= 0.6 is 11.6 Å². The summed E-state index contributed by atoms with van der Waals surface area (Å²) in [6.45, 7) is 4.58. The van der Waals surface area contributed by atoms with Crippen molar-refractivity contribution < 1.29 is 4.79 Å². The third-order valence-electron chi connectivity index (χ3n) is 6.58. The average Bonchev–Trinajstić information content (AvgIpc) is 2.84. The molecule has 2 aliphatic heterocycles. The largest absolute Gasteiger partial charge is 0.355 e. The standard InChI is InChI=1S/C26H27ClN4O/c1-18-4-10-24-21(17-18)3-2-14-31(24)26(32)20-12-15-30(16-13-20)25-11-9-23(28-29-25)19-5-7-22(27)8-6-19/h4-11,17,20H,2-3,12-16H2,1H3. The molecule has 0 spiro atoms. The third kappa shape index (κ3) is 4.22. The van der Waals surface area contributed by atoms with E-state index in [1.54, 1.807) is 0 Å². The van der Waals surface area contributed by atoms with Gasteiger partial charge in [0.05, 0.1) is 5.69 Å². The molecule has 0 bridgehead atoms. The molecule has 0 saturated carbocycles. The van der Waals surface area contributed by atoms with E-state index in [2.05, 4.69) is 40.2 Å². The SMILES string of the molecule is Cc1ccc2c(c1)CCCN2C(=O)C1CCN(c2ccc(-c3ccc(Cl)cc3)nn2)CC1. The van der Waals surface area contributed by atoms with Crippen LogP contribution in [0.5, 0.6) is 0 Å². The Bertz CT molecular complexity index is 1110. The Kier molecular flexibility index (Phi) is 5.83. The number of benzene rings is 2. The molecule has 1 aromatic heterocycles. The Morgan fingerprint density at radius 1 is 0.969 bits per heavy atom. The van der Waals surface area contributed by atoms with E-state index in [1.807, 2.05) is 41.3 Å². The lowest BCUT2D eigenvalue weighted by Crippen LogP contribution is -2.44. The number of hydrogen-bond donors (Lipinski definition) is 0. The van der Waals surface area contributed by atoms with Crippen molar-refractivity contribution in [2.24, 2.45) is 5.92 Å². The van der Waals surface area contributed by atoms with Crippen LogP contribution in [-0.2, 0) is 11.2 Å². The van der Waals surface area contributed by atoms with Gasteiger partial charge in [0.1, 0.15) is 0 Å². The monoisotopic (exact) mass is 446 g/mol. The van der Waals surface area contributed by atoms with Gasteiger partial charge in [-0.15, -0.1) is 10.2 Å². The van der Waals surface area contributed by atoms with Crippen LogP contribution in [0.4, 0.5) is 11.5 Å². The van der Waals surface area contributed by atoms with Gasteiger partial charge in [-0.1, -0.05) is 41.4 Å². The van der Waals surface area contributed by atoms with Gasteiger partial charge in [0, 0.05) is 41.8 Å². The highest BCUT2D eigenvalue weighted by molar-refractivity contribution is 6.30. The first kappa shape index (κ1) is 21.0. The Hall–Kier alpha value is -2.92. The zero-order chi connectivity index (χ0) is 22.1. The van der Waals surface area contributed by atoms with Crippen molar-refractivity contribution in [3.05, 3.63) is 70.7 Å². The van der Waals surface area contributed by atoms with E-state index >= 15 is 0 Å². The van der Waals surface area contributed by atoms with Crippen molar-refractivity contribution in [1.29, 1.82) is 0 Å². The summed E-state index contributed by atoms with van der Waals surface area (Å²) < 4.78 is 0. The first-order chi connectivity index (χ1) is 15.6. The van der Waals surface area contributed by atoms with Crippen LogP contribution in [0.1, 0.15) is 30.4 Å². The zero-order valence-corrected chi connectivity index (χ0v) is 19.1. The van der Waals surface area contributed by atoms with Gasteiger partial charge in [-0.05, 0) is 68.5 Å². The minimum absolute atomic E-state index is 0.0693. The maximum atomic E-state index is 13.3. The molecule has 0 radical (unpaired) electrons. The van der Waals surface area contributed by atoms with Gasteiger partial charge < -0.3 is 9.80 Å². The number of aromatic nitrogens is 2. The Morgan fingerprint density at radius 2 is 1.75 bits per heavy atom. The molecule has 3 aromatic rings. The van der Waals surface area contributed by atoms with E-state index in [0.717, 1.165) is 68.1 Å². The van der Waals surface area contributed by atoms with Crippen molar-refractivity contribution in [2.75, 3.05) is 29.4 Å². The second-order valence-corrected chi connectivity index (χ2v) is 9.21. The van der Waals surface area contributed by atoms with E-state index in [0.29, 0.717) is 5.02 Å². The molecule has 32 heavy (non-hydrogen) atoms. The maximum Gasteiger partial charge on any atom is 0.230 e. The van der Waals surface area contributed by atoms with Crippen molar-refractivity contribution in [3.63, 3.8) is 0 Å². The molecule has 1 saturated heterocycles. The number of fused-ring (bicyclic) bond motifs is 1. The summed E-state index contributed by atoms with van der Waals surface area (Å²) in [6.07, 6.45) is 3.79. The normalized spacial score (nSPS) is 16.7. The first-order valence-electron chi connectivity index (χ1n) is 11.3. The lowest BCUT2D eigenvalue weighted by atomic mass is 9.92. The summed E-state index contributed by atoms with van der Waals surface area (Å²) in [5.74, 6) is 1.21. The Labute approximate surface area is 194 Å². The molecule has 5 nitrogen and oxygen atoms in total. The number of amides is 1. The first-order valence-corrected chi connectivity index (χ1v) is 11.7. The van der Waals surface area contributed by atoms with Crippen molar-refractivity contribution in [2.45, 2.75) is 32.6 Å². The molecule has 1 amide bonds. The molecule has 3 heterocycles. The molecular weight excluding hydrogens is 420 g/mol. The topological polar surface area (TPSA) is 49.3 Å². The predicted octanol–water partition coefficient (Wildman–Crippen LogP) is 5.30. The van der Waals surface area contributed by atoms with E-state index < -0.39 is 0 Å². The molecule has 2 aromatic carbocycles. The molecule has 6 heteroatoms. The van der Waals surface area contributed by atoms with Crippen LogP contribution in [0.25, 0.3) is 11.3 Å². The van der Waals surface area contributed by atoms with Gasteiger partial charge in [0.15, 0.2) is 5.82 Å². The van der Waals surface area contributed by atoms with Crippen LogP contribution in [0.3, 0.4) is 0 Å². The molecule has 0 N–H and O–H groups in total. The number of rotatable bonds is 3. The summed E-state index contributed by atoms with van der Waals surface area (Å²) in [5, 5.41) is 9.56. The lowest BCUT2D eigenvalue weighted by Gasteiger charge is -2.36. The molecule has 1 fully saturated rings. The smallest absolute Gasteiger partial charge is 0.230 e. The minimum Gasteiger partial charge on any atom is -0.355 e. The predicted molar refractivity (Wildman–Crippen MR) is 129 cm³/mol. The van der Waals surface area contributed by atoms with E-state index in [-0.39, 0.29) is 11.8 Å². The number of piperidine rings is 1. The van der Waals surface area contributed by atoms with E-state index in [9.17, 15) is 4.79 Å².